The first kappa shape index (κ1) is 13.3. The number of hydrogen-bond donors (Lipinski definition) is 3. The number of nitrogens with zero attached hydrogens (tertiary/aromatic N) is 2. The molecular weight excluding hydrogens is 246 g/mol. The van der Waals surface area contributed by atoms with E-state index in [0.29, 0.717) is 0 Å². The van der Waals surface area contributed by atoms with Crippen LogP contribution in [-0.4, -0.2) is 32.9 Å². The van der Waals surface area contributed by atoms with Gasteiger partial charge in [-0.2, -0.15) is 8.42 Å². The zero-order valence-electron chi connectivity index (χ0n) is 8.90. The normalized spacial score (nSPS) is 10.5. The smallest absolute Gasteiger partial charge is 0.265 e. The van der Waals surface area contributed by atoms with E-state index in [1.807, 2.05) is 18.2 Å². The minimum Gasteiger partial charge on any atom is -0.265 e. The van der Waals surface area contributed by atoms with Crippen molar-refractivity contribution < 1.29 is 17.5 Å². The van der Waals surface area contributed by atoms with Crippen molar-refractivity contribution in [3.63, 3.8) is 0 Å². The summed E-state index contributed by atoms with van der Waals surface area (Å²) in [5.74, 6) is 0. The molecule has 1 aromatic heterocycles. The Bertz CT molecular complexity index is 558. The van der Waals surface area contributed by atoms with Crippen molar-refractivity contribution in [2.24, 2.45) is 0 Å². The van der Waals surface area contributed by atoms with Gasteiger partial charge < -0.3 is 0 Å². The quantitative estimate of drug-likeness (QED) is 0.659. The topological polar surface area (TPSA) is 116 Å². The highest BCUT2D eigenvalue weighted by Crippen LogP contribution is 2.18. The van der Waals surface area contributed by atoms with Gasteiger partial charge in [-0.15, -0.1) is 5.10 Å². The molecule has 0 spiro atoms. The number of H-pyrrole nitrogens is 1. The summed E-state index contributed by atoms with van der Waals surface area (Å²) in [5.41, 5.74) is 3.24. The number of aromatic nitrogens is 3. The Morgan fingerprint density at radius 1 is 1.24 bits per heavy atom. The van der Waals surface area contributed by atoms with Crippen molar-refractivity contribution in [1.82, 2.24) is 15.4 Å². The summed E-state index contributed by atoms with van der Waals surface area (Å²) in [7, 11) is -4.67. The molecule has 0 unspecified atom stereocenters. The van der Waals surface area contributed by atoms with Gasteiger partial charge in [0.05, 0.1) is 0 Å². The number of aromatic amines is 1. The summed E-state index contributed by atoms with van der Waals surface area (Å²) in [4.78, 5) is 0. The third-order valence-corrected chi connectivity index (χ3v) is 1.84. The Hall–Kier alpha value is -1.77. The van der Waals surface area contributed by atoms with Gasteiger partial charge in [-0.1, -0.05) is 29.5 Å². The monoisotopic (exact) mass is 257 g/mol. The third-order valence-electron chi connectivity index (χ3n) is 1.84. The van der Waals surface area contributed by atoms with Crippen LogP contribution in [0.25, 0.3) is 11.3 Å². The van der Waals surface area contributed by atoms with Gasteiger partial charge in [-0.05, 0) is 12.5 Å². The molecule has 7 nitrogen and oxygen atoms in total. The minimum atomic E-state index is -4.67. The van der Waals surface area contributed by atoms with Crippen LogP contribution >= 0.6 is 0 Å². The molecule has 0 amide bonds. The molecule has 2 rings (SSSR count). The minimum absolute atomic E-state index is 0.896. The van der Waals surface area contributed by atoms with Crippen LogP contribution in [-0.2, 0) is 10.4 Å². The van der Waals surface area contributed by atoms with Crippen molar-refractivity contribution in [2.45, 2.75) is 6.92 Å². The SMILES string of the molecule is Cc1ccccc1-c1c[nH]nn1.O=S(=O)(O)O. The first-order valence-corrected chi connectivity index (χ1v) is 5.90. The molecule has 0 atom stereocenters. The highest BCUT2D eigenvalue weighted by molar-refractivity contribution is 7.79. The number of hydrogen-bond acceptors (Lipinski definition) is 4. The van der Waals surface area contributed by atoms with Crippen LogP contribution in [0.15, 0.2) is 30.5 Å². The standard InChI is InChI=1S/C9H9N3.H2O4S/c1-7-4-2-3-5-8(7)9-6-10-12-11-9;1-5(2,3)4/h2-6H,1H3,(H,10,11,12);(H2,1,2,3,4). The summed E-state index contributed by atoms with van der Waals surface area (Å²) in [6, 6.07) is 8.10. The lowest BCUT2D eigenvalue weighted by Gasteiger charge is -1.98. The summed E-state index contributed by atoms with van der Waals surface area (Å²) in [6.07, 6.45) is 1.79. The van der Waals surface area contributed by atoms with Gasteiger partial charge in [0.25, 0.3) is 0 Å². The van der Waals surface area contributed by atoms with E-state index in [-0.39, 0.29) is 0 Å². The average Bonchev–Trinajstić information content (AvgIpc) is 2.68. The van der Waals surface area contributed by atoms with E-state index in [9.17, 15) is 0 Å². The lowest BCUT2D eigenvalue weighted by molar-refractivity contribution is 0.381. The first-order valence-electron chi connectivity index (χ1n) is 4.50. The molecular formula is C9H11N3O4S. The maximum atomic E-state index is 8.74. The van der Waals surface area contributed by atoms with Crippen molar-refractivity contribution in [3.05, 3.63) is 36.0 Å². The predicted molar refractivity (Wildman–Crippen MR) is 60.7 cm³/mol. The van der Waals surface area contributed by atoms with Gasteiger partial charge >= 0.3 is 10.4 Å². The Morgan fingerprint density at radius 3 is 2.29 bits per heavy atom. The average molecular weight is 257 g/mol. The molecule has 17 heavy (non-hydrogen) atoms. The maximum Gasteiger partial charge on any atom is 0.394 e. The summed E-state index contributed by atoms with van der Waals surface area (Å²) in [5, 5.41) is 10.3. The molecule has 2 aromatic rings. The second kappa shape index (κ2) is 5.53. The van der Waals surface area contributed by atoms with Crippen LogP contribution < -0.4 is 0 Å². The second-order valence-corrected chi connectivity index (χ2v) is 4.02. The van der Waals surface area contributed by atoms with Crippen molar-refractivity contribution in [2.75, 3.05) is 0 Å². The molecule has 0 bridgehead atoms. The predicted octanol–water partition coefficient (Wildman–Crippen LogP) is 1.13. The summed E-state index contributed by atoms with van der Waals surface area (Å²) < 4.78 is 31.6. The molecule has 0 saturated heterocycles. The lowest BCUT2D eigenvalue weighted by atomic mass is 10.1. The molecule has 0 aliphatic heterocycles. The van der Waals surface area contributed by atoms with Crippen LogP contribution in [0.2, 0.25) is 0 Å². The van der Waals surface area contributed by atoms with E-state index < -0.39 is 10.4 Å². The number of nitrogens with one attached hydrogen (secondary N) is 1. The van der Waals surface area contributed by atoms with Crippen LogP contribution in [0.1, 0.15) is 5.56 Å². The molecule has 92 valence electrons. The molecule has 8 heteroatoms. The Morgan fingerprint density at radius 2 is 1.82 bits per heavy atom. The maximum absolute atomic E-state index is 8.74. The van der Waals surface area contributed by atoms with Crippen molar-refractivity contribution in [3.8, 4) is 11.3 Å². The molecule has 0 saturated carbocycles. The number of aryl methyl sites for hydroxylation is 1. The first-order chi connectivity index (χ1) is 7.88. The van der Waals surface area contributed by atoms with Gasteiger partial charge in [0, 0.05) is 11.8 Å². The van der Waals surface area contributed by atoms with Gasteiger partial charge in [0.1, 0.15) is 5.69 Å². The highest BCUT2D eigenvalue weighted by Gasteiger charge is 2.01. The zero-order valence-corrected chi connectivity index (χ0v) is 9.72. The van der Waals surface area contributed by atoms with Crippen LogP contribution in [0.4, 0.5) is 0 Å². The Labute approximate surface area is 98.1 Å². The van der Waals surface area contributed by atoms with Gasteiger partial charge in [-0.25, -0.2) is 0 Å². The van der Waals surface area contributed by atoms with E-state index in [0.717, 1.165) is 11.3 Å². The fourth-order valence-corrected chi connectivity index (χ4v) is 1.19. The van der Waals surface area contributed by atoms with Crippen LogP contribution in [0.3, 0.4) is 0 Å². The lowest BCUT2D eigenvalue weighted by Crippen LogP contribution is -1.89. The van der Waals surface area contributed by atoms with Gasteiger partial charge in [-0.3, -0.25) is 14.2 Å². The highest BCUT2D eigenvalue weighted by atomic mass is 32.3. The Balaban J connectivity index is 0.000000249. The zero-order chi connectivity index (χ0) is 12.9. The number of rotatable bonds is 1. The molecule has 0 aliphatic carbocycles. The van der Waals surface area contributed by atoms with Crippen molar-refractivity contribution >= 4 is 10.4 Å². The van der Waals surface area contributed by atoms with Crippen LogP contribution in [0.5, 0.6) is 0 Å². The summed E-state index contributed by atoms with van der Waals surface area (Å²) >= 11 is 0. The van der Waals surface area contributed by atoms with Crippen LogP contribution in [0, 0.1) is 6.92 Å². The summed E-state index contributed by atoms with van der Waals surface area (Å²) in [6.45, 7) is 2.06. The van der Waals surface area contributed by atoms with E-state index >= 15 is 0 Å². The molecule has 1 aromatic carbocycles. The molecule has 1 heterocycles. The van der Waals surface area contributed by atoms with E-state index in [2.05, 4.69) is 28.4 Å². The van der Waals surface area contributed by atoms with E-state index in [4.69, 9.17) is 17.5 Å². The van der Waals surface area contributed by atoms with E-state index in [1.165, 1.54) is 5.56 Å². The third kappa shape index (κ3) is 5.20. The molecule has 3 N–H and O–H groups in total. The van der Waals surface area contributed by atoms with Gasteiger partial charge in [0.15, 0.2) is 0 Å². The Kier molecular flexibility index (Phi) is 4.32. The largest absolute Gasteiger partial charge is 0.394 e. The molecule has 0 fully saturated rings. The fraction of sp³-hybridized carbons (Fsp3) is 0.111. The van der Waals surface area contributed by atoms with Crippen molar-refractivity contribution in [1.29, 1.82) is 0 Å². The fourth-order valence-electron chi connectivity index (χ4n) is 1.19. The van der Waals surface area contributed by atoms with E-state index in [1.54, 1.807) is 6.20 Å². The van der Waals surface area contributed by atoms with Gasteiger partial charge in [0.2, 0.25) is 0 Å². The molecule has 0 aliphatic rings. The molecule has 0 radical (unpaired) electrons. The number of benzene rings is 1. The second-order valence-electron chi connectivity index (χ2n) is 3.12.